The maximum atomic E-state index is 12.5. The second kappa shape index (κ2) is 5.67. The van der Waals surface area contributed by atoms with Gasteiger partial charge in [0.2, 0.25) is 0 Å². The van der Waals surface area contributed by atoms with Crippen LogP contribution in [0.5, 0.6) is 11.5 Å². The van der Waals surface area contributed by atoms with Crippen molar-refractivity contribution in [3.63, 3.8) is 0 Å². The molecule has 0 atom stereocenters. The van der Waals surface area contributed by atoms with Gasteiger partial charge >= 0.3 is 0 Å². The molecule has 1 aliphatic heterocycles. The van der Waals surface area contributed by atoms with Crippen LogP contribution in [-0.2, 0) is 10.0 Å². The highest BCUT2D eigenvalue weighted by atomic mass is 79.9. The molecule has 0 unspecified atom stereocenters. The van der Waals surface area contributed by atoms with E-state index in [9.17, 15) is 8.42 Å². The van der Waals surface area contributed by atoms with E-state index in [1.54, 1.807) is 42.5 Å². The SMILES string of the molecule is O=S(=O)(Nc1ccc2c(c1)OC1(CCCC1)O2)c1cccc(Br)c1. The molecule has 1 heterocycles. The van der Waals surface area contributed by atoms with Gasteiger partial charge in [-0.3, -0.25) is 4.72 Å². The average Bonchev–Trinajstić information content (AvgIpc) is 3.13. The molecule has 0 bridgehead atoms. The number of hydrogen-bond donors (Lipinski definition) is 1. The van der Waals surface area contributed by atoms with Gasteiger partial charge in [-0.2, -0.15) is 0 Å². The summed E-state index contributed by atoms with van der Waals surface area (Å²) in [5, 5.41) is 0. The monoisotopic (exact) mass is 409 g/mol. The van der Waals surface area contributed by atoms with Crippen LogP contribution in [0.3, 0.4) is 0 Å². The molecule has 5 nitrogen and oxygen atoms in total. The van der Waals surface area contributed by atoms with Crippen molar-refractivity contribution in [2.45, 2.75) is 36.4 Å². The molecule has 4 rings (SSSR count). The predicted molar refractivity (Wildman–Crippen MR) is 93.8 cm³/mol. The number of hydrogen-bond acceptors (Lipinski definition) is 4. The summed E-state index contributed by atoms with van der Waals surface area (Å²) < 4.78 is 40.2. The molecule has 1 saturated carbocycles. The van der Waals surface area contributed by atoms with Crippen LogP contribution in [0.1, 0.15) is 25.7 Å². The van der Waals surface area contributed by atoms with Crippen molar-refractivity contribution < 1.29 is 17.9 Å². The molecule has 1 N–H and O–H groups in total. The van der Waals surface area contributed by atoms with Crippen molar-refractivity contribution in [1.29, 1.82) is 0 Å². The average molecular weight is 410 g/mol. The van der Waals surface area contributed by atoms with Crippen LogP contribution in [0.15, 0.2) is 51.8 Å². The Labute approximate surface area is 149 Å². The molecular weight excluding hydrogens is 394 g/mol. The van der Waals surface area contributed by atoms with E-state index in [1.807, 2.05) is 0 Å². The molecular formula is C17H16BrNO4S. The van der Waals surface area contributed by atoms with E-state index in [2.05, 4.69) is 20.7 Å². The highest BCUT2D eigenvalue weighted by Gasteiger charge is 2.44. The maximum absolute atomic E-state index is 12.5. The van der Waals surface area contributed by atoms with E-state index >= 15 is 0 Å². The van der Waals surface area contributed by atoms with E-state index in [-0.39, 0.29) is 4.90 Å². The normalized spacial score (nSPS) is 18.0. The highest BCUT2D eigenvalue weighted by Crippen LogP contribution is 2.47. The summed E-state index contributed by atoms with van der Waals surface area (Å²) in [6.07, 6.45) is 3.88. The molecule has 2 aromatic rings. The Morgan fingerprint density at radius 1 is 1.00 bits per heavy atom. The Morgan fingerprint density at radius 3 is 2.50 bits per heavy atom. The van der Waals surface area contributed by atoms with Gasteiger partial charge in [0, 0.05) is 23.4 Å². The molecule has 1 aliphatic carbocycles. The summed E-state index contributed by atoms with van der Waals surface area (Å²) >= 11 is 3.29. The van der Waals surface area contributed by atoms with E-state index < -0.39 is 15.8 Å². The van der Waals surface area contributed by atoms with Crippen LogP contribution in [0, 0.1) is 0 Å². The molecule has 2 aromatic carbocycles. The minimum atomic E-state index is -3.66. The van der Waals surface area contributed by atoms with Gasteiger partial charge < -0.3 is 9.47 Å². The van der Waals surface area contributed by atoms with Gasteiger partial charge in [-0.05, 0) is 43.2 Å². The van der Waals surface area contributed by atoms with Gasteiger partial charge in [0.25, 0.3) is 15.8 Å². The Bertz CT molecular complexity index is 891. The summed E-state index contributed by atoms with van der Waals surface area (Å²) in [6, 6.07) is 11.7. The molecule has 0 aromatic heterocycles. The predicted octanol–water partition coefficient (Wildman–Crippen LogP) is 4.29. The van der Waals surface area contributed by atoms with Gasteiger partial charge in [-0.1, -0.05) is 22.0 Å². The molecule has 24 heavy (non-hydrogen) atoms. The molecule has 126 valence electrons. The van der Waals surface area contributed by atoms with Crippen molar-refractivity contribution in [2.75, 3.05) is 4.72 Å². The van der Waals surface area contributed by atoms with E-state index in [0.29, 0.717) is 21.7 Å². The fraction of sp³-hybridized carbons (Fsp3) is 0.294. The summed E-state index contributed by atoms with van der Waals surface area (Å²) in [6.45, 7) is 0. The summed E-state index contributed by atoms with van der Waals surface area (Å²) in [7, 11) is -3.66. The fourth-order valence-electron chi connectivity index (χ4n) is 3.12. The van der Waals surface area contributed by atoms with Crippen molar-refractivity contribution in [1.82, 2.24) is 0 Å². The fourth-order valence-corrected chi connectivity index (χ4v) is 4.77. The first-order valence-corrected chi connectivity index (χ1v) is 10.0. The largest absolute Gasteiger partial charge is 0.448 e. The smallest absolute Gasteiger partial charge is 0.261 e. The molecule has 7 heteroatoms. The number of nitrogens with one attached hydrogen (secondary N) is 1. The van der Waals surface area contributed by atoms with Crippen molar-refractivity contribution >= 4 is 31.6 Å². The third-order valence-corrected chi connectivity index (χ3v) is 6.13. The Balaban J connectivity index is 1.59. The first-order chi connectivity index (χ1) is 11.5. The van der Waals surface area contributed by atoms with Gasteiger partial charge in [0.05, 0.1) is 10.6 Å². The standard InChI is InChI=1S/C17H16BrNO4S/c18-12-4-3-5-14(10-12)24(20,21)19-13-6-7-15-16(11-13)23-17(22-15)8-1-2-9-17/h3-7,10-11,19H,1-2,8-9H2. The van der Waals surface area contributed by atoms with E-state index in [4.69, 9.17) is 9.47 Å². The number of sulfonamides is 1. The lowest BCUT2D eigenvalue weighted by Gasteiger charge is -2.21. The first kappa shape index (κ1) is 15.8. The van der Waals surface area contributed by atoms with Gasteiger partial charge in [-0.15, -0.1) is 0 Å². The Kier molecular flexibility index (Phi) is 3.73. The molecule has 0 radical (unpaired) electrons. The molecule has 1 fully saturated rings. The minimum absolute atomic E-state index is 0.196. The lowest BCUT2D eigenvalue weighted by molar-refractivity contribution is -0.0716. The topological polar surface area (TPSA) is 64.6 Å². The number of benzene rings is 2. The second-order valence-electron chi connectivity index (χ2n) is 6.05. The number of fused-ring (bicyclic) bond motifs is 1. The van der Waals surface area contributed by atoms with Crippen molar-refractivity contribution in [3.05, 3.63) is 46.9 Å². The summed E-state index contributed by atoms with van der Waals surface area (Å²) in [5.74, 6) is 0.707. The van der Waals surface area contributed by atoms with Crippen LogP contribution in [-0.4, -0.2) is 14.2 Å². The van der Waals surface area contributed by atoms with Crippen molar-refractivity contribution in [3.8, 4) is 11.5 Å². The molecule has 0 saturated heterocycles. The first-order valence-electron chi connectivity index (χ1n) is 7.76. The lowest BCUT2D eigenvalue weighted by Crippen LogP contribution is -2.34. The molecule has 0 amide bonds. The van der Waals surface area contributed by atoms with Gasteiger partial charge in [-0.25, -0.2) is 8.42 Å². The van der Waals surface area contributed by atoms with E-state index in [0.717, 1.165) is 25.7 Å². The van der Waals surface area contributed by atoms with Gasteiger partial charge in [0.15, 0.2) is 11.5 Å². The van der Waals surface area contributed by atoms with Crippen LogP contribution >= 0.6 is 15.9 Å². The summed E-state index contributed by atoms with van der Waals surface area (Å²) in [4.78, 5) is 0.196. The third kappa shape index (κ3) is 2.86. The number of halogens is 1. The lowest BCUT2D eigenvalue weighted by atomic mass is 10.2. The highest BCUT2D eigenvalue weighted by molar-refractivity contribution is 9.10. The molecule has 1 spiro atoms. The number of anilines is 1. The van der Waals surface area contributed by atoms with Crippen LogP contribution in [0.2, 0.25) is 0 Å². The quantitative estimate of drug-likeness (QED) is 0.820. The number of rotatable bonds is 3. The van der Waals surface area contributed by atoms with Crippen LogP contribution in [0.4, 0.5) is 5.69 Å². The van der Waals surface area contributed by atoms with E-state index in [1.165, 1.54) is 0 Å². The zero-order valence-electron chi connectivity index (χ0n) is 12.8. The Morgan fingerprint density at radius 2 is 1.75 bits per heavy atom. The van der Waals surface area contributed by atoms with Gasteiger partial charge in [0.1, 0.15) is 0 Å². The maximum Gasteiger partial charge on any atom is 0.261 e. The Hall–Kier alpha value is -1.73. The number of ether oxygens (including phenoxy) is 2. The zero-order chi connectivity index (χ0) is 16.8. The van der Waals surface area contributed by atoms with Crippen LogP contribution < -0.4 is 14.2 Å². The summed E-state index contributed by atoms with van der Waals surface area (Å²) in [5.41, 5.74) is 0.451. The molecule has 2 aliphatic rings. The third-order valence-electron chi connectivity index (χ3n) is 4.26. The van der Waals surface area contributed by atoms with Crippen molar-refractivity contribution in [2.24, 2.45) is 0 Å². The minimum Gasteiger partial charge on any atom is -0.448 e. The zero-order valence-corrected chi connectivity index (χ0v) is 15.2. The second-order valence-corrected chi connectivity index (χ2v) is 8.64. The van der Waals surface area contributed by atoms with Crippen LogP contribution in [0.25, 0.3) is 0 Å².